The van der Waals surface area contributed by atoms with Crippen LogP contribution in [0.2, 0.25) is 0 Å². The zero-order chi connectivity index (χ0) is 6.41. The minimum absolute atomic E-state index is 0.506. The molecule has 8 heavy (non-hydrogen) atoms. The van der Waals surface area contributed by atoms with E-state index >= 15 is 0 Å². The van der Waals surface area contributed by atoms with E-state index in [4.69, 9.17) is 0 Å². The second-order valence-electron chi connectivity index (χ2n) is 1.83. The van der Waals surface area contributed by atoms with Crippen molar-refractivity contribution in [2.45, 2.75) is 33.2 Å². The van der Waals surface area contributed by atoms with Gasteiger partial charge in [-0.3, -0.25) is 0 Å². The molecule has 0 radical (unpaired) electrons. The van der Waals surface area contributed by atoms with Gasteiger partial charge in [-0.1, -0.05) is 6.92 Å². The van der Waals surface area contributed by atoms with Crippen molar-refractivity contribution in [2.24, 2.45) is 5.10 Å². The van der Waals surface area contributed by atoms with Crippen LogP contribution in [-0.2, 0) is 0 Å². The first-order valence-electron chi connectivity index (χ1n) is 3.04. The predicted octanol–water partition coefficient (Wildman–Crippen LogP) is 1.38. The highest BCUT2D eigenvalue weighted by Gasteiger charge is 1.89. The van der Waals surface area contributed by atoms with Crippen molar-refractivity contribution in [2.75, 3.05) is 0 Å². The van der Waals surface area contributed by atoms with Crippen LogP contribution < -0.4 is 5.43 Å². The normalized spacial score (nSPS) is 14.4. The quantitative estimate of drug-likeness (QED) is 0.435. The van der Waals surface area contributed by atoms with Crippen molar-refractivity contribution in [1.29, 1.82) is 0 Å². The molecule has 0 bridgehead atoms. The molecule has 2 nitrogen and oxygen atoms in total. The van der Waals surface area contributed by atoms with Crippen LogP contribution in [0.4, 0.5) is 0 Å². The highest BCUT2D eigenvalue weighted by atomic mass is 15.3. The van der Waals surface area contributed by atoms with Crippen LogP contribution in [0, 0.1) is 0 Å². The maximum atomic E-state index is 3.87. The van der Waals surface area contributed by atoms with E-state index in [9.17, 15) is 0 Å². The van der Waals surface area contributed by atoms with Crippen LogP contribution in [0.15, 0.2) is 5.10 Å². The third kappa shape index (κ3) is 3.65. The highest BCUT2D eigenvalue weighted by Crippen LogP contribution is 1.84. The fourth-order valence-electron chi connectivity index (χ4n) is 0.293. The Hall–Kier alpha value is -0.530. The van der Waals surface area contributed by atoms with E-state index in [-0.39, 0.29) is 0 Å². The van der Waals surface area contributed by atoms with Gasteiger partial charge in [-0.15, -0.1) is 0 Å². The molecule has 0 amide bonds. The monoisotopic (exact) mass is 114 g/mol. The fourth-order valence-corrected chi connectivity index (χ4v) is 0.293. The van der Waals surface area contributed by atoms with Gasteiger partial charge in [0.1, 0.15) is 0 Å². The number of nitrogens with zero attached hydrogens (tertiary/aromatic N) is 1. The van der Waals surface area contributed by atoms with Gasteiger partial charge in [0.2, 0.25) is 0 Å². The Kier molecular flexibility index (Phi) is 4.32. The summed E-state index contributed by atoms with van der Waals surface area (Å²) < 4.78 is 0. The Morgan fingerprint density at radius 1 is 1.75 bits per heavy atom. The van der Waals surface area contributed by atoms with Gasteiger partial charge in [-0.2, -0.15) is 5.10 Å². The van der Waals surface area contributed by atoms with Crippen molar-refractivity contribution in [1.82, 2.24) is 5.43 Å². The summed E-state index contributed by atoms with van der Waals surface area (Å²) in [5.74, 6) is 0. The van der Waals surface area contributed by atoms with Gasteiger partial charge in [-0.05, 0) is 20.3 Å². The summed E-state index contributed by atoms with van der Waals surface area (Å²) in [6.45, 7) is 6.13. The molecule has 0 aromatic carbocycles. The van der Waals surface area contributed by atoms with Crippen molar-refractivity contribution in [3.05, 3.63) is 0 Å². The molecule has 0 saturated carbocycles. The van der Waals surface area contributed by atoms with E-state index in [1.807, 2.05) is 6.92 Å². The number of rotatable bonds is 3. The van der Waals surface area contributed by atoms with Gasteiger partial charge in [0.05, 0.1) is 0 Å². The topological polar surface area (TPSA) is 24.4 Å². The molecular formula is C6H14N2. The SMILES string of the molecule is C/C=N\NC(C)CC. The largest absolute Gasteiger partial charge is 0.308 e. The lowest BCUT2D eigenvalue weighted by Gasteiger charge is -2.04. The van der Waals surface area contributed by atoms with E-state index in [2.05, 4.69) is 24.4 Å². The van der Waals surface area contributed by atoms with Crippen LogP contribution in [0.25, 0.3) is 0 Å². The van der Waals surface area contributed by atoms with Gasteiger partial charge in [0.25, 0.3) is 0 Å². The molecule has 0 heterocycles. The maximum Gasteiger partial charge on any atom is 0.0409 e. The summed E-state index contributed by atoms with van der Waals surface area (Å²) in [5, 5.41) is 3.87. The van der Waals surface area contributed by atoms with Gasteiger partial charge < -0.3 is 5.43 Å². The highest BCUT2D eigenvalue weighted by molar-refractivity contribution is 5.52. The third-order valence-electron chi connectivity index (χ3n) is 1.04. The van der Waals surface area contributed by atoms with Crippen molar-refractivity contribution < 1.29 is 0 Å². The summed E-state index contributed by atoms with van der Waals surface area (Å²) in [6.07, 6.45) is 2.88. The number of hydrogen-bond donors (Lipinski definition) is 1. The van der Waals surface area contributed by atoms with Gasteiger partial charge in [-0.25, -0.2) is 0 Å². The number of hydrogen-bond acceptors (Lipinski definition) is 2. The van der Waals surface area contributed by atoms with E-state index in [1.165, 1.54) is 0 Å². The van der Waals surface area contributed by atoms with Crippen molar-refractivity contribution in [3.63, 3.8) is 0 Å². The molecule has 0 aliphatic heterocycles. The minimum atomic E-state index is 0.506. The van der Waals surface area contributed by atoms with Crippen molar-refractivity contribution >= 4 is 6.21 Å². The summed E-state index contributed by atoms with van der Waals surface area (Å²) in [5.41, 5.74) is 2.95. The summed E-state index contributed by atoms with van der Waals surface area (Å²) >= 11 is 0. The zero-order valence-corrected chi connectivity index (χ0v) is 5.81. The van der Waals surface area contributed by atoms with E-state index in [1.54, 1.807) is 6.21 Å². The second-order valence-corrected chi connectivity index (χ2v) is 1.83. The van der Waals surface area contributed by atoms with Crippen LogP contribution in [-0.4, -0.2) is 12.3 Å². The van der Waals surface area contributed by atoms with E-state index in [0.717, 1.165) is 6.42 Å². The number of nitrogens with one attached hydrogen (secondary N) is 1. The fraction of sp³-hybridized carbons (Fsp3) is 0.833. The van der Waals surface area contributed by atoms with Crippen LogP contribution in [0.1, 0.15) is 27.2 Å². The third-order valence-corrected chi connectivity index (χ3v) is 1.04. The summed E-state index contributed by atoms with van der Waals surface area (Å²) in [6, 6.07) is 0.506. The molecule has 0 fully saturated rings. The van der Waals surface area contributed by atoms with Gasteiger partial charge >= 0.3 is 0 Å². The molecule has 0 rings (SSSR count). The molecule has 1 N–H and O–H groups in total. The Morgan fingerprint density at radius 2 is 2.38 bits per heavy atom. The second kappa shape index (κ2) is 4.62. The van der Waals surface area contributed by atoms with Gasteiger partial charge in [0, 0.05) is 12.3 Å². The van der Waals surface area contributed by atoms with Crippen molar-refractivity contribution in [3.8, 4) is 0 Å². The molecule has 0 aliphatic rings. The smallest absolute Gasteiger partial charge is 0.0409 e. The maximum absolute atomic E-state index is 3.87. The molecule has 0 aliphatic carbocycles. The molecule has 0 aromatic heterocycles. The zero-order valence-electron chi connectivity index (χ0n) is 5.81. The average molecular weight is 114 g/mol. The molecule has 1 unspecified atom stereocenters. The van der Waals surface area contributed by atoms with Gasteiger partial charge in [0.15, 0.2) is 0 Å². The Balaban J connectivity index is 3.10. The standard InChI is InChI=1S/C6H14N2/c1-4-6(3)8-7-5-2/h5-6,8H,4H2,1-3H3/b7-5-. The lowest BCUT2D eigenvalue weighted by atomic mass is 10.3. The minimum Gasteiger partial charge on any atom is -0.308 e. The predicted molar refractivity (Wildman–Crippen MR) is 37.1 cm³/mol. The lowest BCUT2D eigenvalue weighted by Crippen LogP contribution is -2.18. The molecule has 1 atom stereocenters. The molecule has 2 heteroatoms. The lowest BCUT2D eigenvalue weighted by molar-refractivity contribution is 0.559. The molecule has 0 aromatic rings. The average Bonchev–Trinajstić information content (AvgIpc) is 1.83. The molecular weight excluding hydrogens is 100 g/mol. The Morgan fingerprint density at radius 3 is 2.75 bits per heavy atom. The van der Waals surface area contributed by atoms with E-state index < -0.39 is 0 Å². The Bertz CT molecular complexity index is 68.9. The van der Waals surface area contributed by atoms with Crippen LogP contribution >= 0.6 is 0 Å². The summed E-state index contributed by atoms with van der Waals surface area (Å²) in [4.78, 5) is 0. The van der Waals surface area contributed by atoms with Crippen LogP contribution in [0.3, 0.4) is 0 Å². The molecule has 48 valence electrons. The first-order valence-corrected chi connectivity index (χ1v) is 3.04. The first kappa shape index (κ1) is 7.47. The molecule has 0 saturated heterocycles. The molecule has 0 spiro atoms. The Labute approximate surface area is 51.0 Å². The van der Waals surface area contributed by atoms with Crippen LogP contribution in [0.5, 0.6) is 0 Å². The summed E-state index contributed by atoms with van der Waals surface area (Å²) in [7, 11) is 0. The van der Waals surface area contributed by atoms with E-state index in [0.29, 0.717) is 6.04 Å². The first-order chi connectivity index (χ1) is 3.81. The number of hydrazone groups is 1.